The van der Waals surface area contributed by atoms with Gasteiger partial charge in [-0.3, -0.25) is 4.79 Å². The first-order chi connectivity index (χ1) is 5.07. The van der Waals surface area contributed by atoms with Crippen molar-refractivity contribution in [3.63, 3.8) is 0 Å². The van der Waals surface area contributed by atoms with Crippen LogP contribution in [-0.2, 0) is 4.79 Å². The van der Waals surface area contributed by atoms with Gasteiger partial charge in [0.1, 0.15) is 6.04 Å². The smallest absolute Gasteiger partial charge is 0.320 e. The van der Waals surface area contributed by atoms with Crippen molar-refractivity contribution < 1.29 is 9.90 Å². The number of rotatable bonds is 4. The second kappa shape index (κ2) is 4.72. The molecule has 0 rings (SSSR count). The lowest BCUT2D eigenvalue weighted by molar-refractivity contribution is -0.138. The fourth-order valence-corrected chi connectivity index (χ4v) is 0.566. The molecule has 0 amide bonds. The summed E-state index contributed by atoms with van der Waals surface area (Å²) in [4.78, 5) is 10.2. The van der Waals surface area contributed by atoms with Crippen molar-refractivity contribution >= 4 is 5.97 Å². The molecular weight excluding hydrogens is 144 g/mol. The van der Waals surface area contributed by atoms with Crippen LogP contribution in [0.4, 0.5) is 0 Å². The van der Waals surface area contributed by atoms with Gasteiger partial charge in [-0.25, -0.2) is 0 Å². The Morgan fingerprint density at radius 2 is 2.09 bits per heavy atom. The van der Waals surface area contributed by atoms with Gasteiger partial charge in [-0.1, -0.05) is 5.92 Å². The highest BCUT2D eigenvalue weighted by molar-refractivity contribution is 5.72. The number of aliphatic carboxylic acids is 1. The summed E-state index contributed by atoms with van der Waals surface area (Å²) in [5.41, 5.74) is 10.5. The predicted octanol–water partition coefficient (Wildman–Crippen LogP) is -0.861. The first-order valence-electron chi connectivity index (χ1n) is 3.28. The van der Waals surface area contributed by atoms with Gasteiger partial charge in [-0.05, 0) is 12.8 Å². The van der Waals surface area contributed by atoms with E-state index >= 15 is 0 Å². The highest BCUT2D eigenvalue weighted by Gasteiger charge is 2.11. The maximum atomic E-state index is 10.2. The lowest BCUT2D eigenvalue weighted by Crippen LogP contribution is -2.32. The molecule has 0 spiro atoms. The molecular formula is C7H12N2O2. The molecule has 0 aliphatic heterocycles. The molecule has 0 bridgehead atoms. The standard InChI is InChI=1S/C7H12N2O2/c1-2-5(8)3-4-6(9)7(10)11/h1,5-6H,3-4,8-9H2,(H,10,11). The van der Waals surface area contributed by atoms with E-state index in [0.717, 1.165) is 0 Å². The fraction of sp³-hybridized carbons (Fsp3) is 0.571. The Bertz CT molecular complexity index is 174. The third-order valence-electron chi connectivity index (χ3n) is 1.32. The quantitative estimate of drug-likeness (QED) is 0.462. The maximum absolute atomic E-state index is 10.2. The first-order valence-corrected chi connectivity index (χ1v) is 3.28. The van der Waals surface area contributed by atoms with Crippen molar-refractivity contribution in [1.29, 1.82) is 0 Å². The molecule has 0 aromatic heterocycles. The van der Waals surface area contributed by atoms with Crippen LogP contribution in [-0.4, -0.2) is 23.2 Å². The molecule has 11 heavy (non-hydrogen) atoms. The zero-order chi connectivity index (χ0) is 8.85. The van der Waals surface area contributed by atoms with E-state index in [1.807, 2.05) is 0 Å². The van der Waals surface area contributed by atoms with E-state index in [1.54, 1.807) is 0 Å². The molecule has 0 heterocycles. The number of hydrogen-bond acceptors (Lipinski definition) is 3. The molecule has 0 radical (unpaired) electrons. The summed E-state index contributed by atoms with van der Waals surface area (Å²) in [6.07, 6.45) is 5.74. The molecule has 0 fully saturated rings. The number of terminal acetylenes is 1. The number of carboxylic acids is 1. The summed E-state index contributed by atoms with van der Waals surface area (Å²) < 4.78 is 0. The van der Waals surface area contributed by atoms with E-state index in [2.05, 4.69) is 5.92 Å². The van der Waals surface area contributed by atoms with E-state index in [0.29, 0.717) is 12.8 Å². The van der Waals surface area contributed by atoms with Gasteiger partial charge in [0.05, 0.1) is 6.04 Å². The summed E-state index contributed by atoms with van der Waals surface area (Å²) in [6.45, 7) is 0. The van der Waals surface area contributed by atoms with Crippen molar-refractivity contribution in [3.8, 4) is 12.3 Å². The van der Waals surface area contributed by atoms with Gasteiger partial charge in [-0.15, -0.1) is 6.42 Å². The summed E-state index contributed by atoms with van der Waals surface area (Å²) in [5.74, 6) is 1.27. The third-order valence-corrected chi connectivity index (χ3v) is 1.32. The van der Waals surface area contributed by atoms with Crippen LogP contribution in [0.3, 0.4) is 0 Å². The second-order valence-electron chi connectivity index (χ2n) is 2.30. The molecule has 0 saturated carbocycles. The van der Waals surface area contributed by atoms with Crippen LogP contribution in [0.2, 0.25) is 0 Å². The van der Waals surface area contributed by atoms with Crippen LogP contribution in [0, 0.1) is 12.3 Å². The lowest BCUT2D eigenvalue weighted by atomic mass is 10.1. The molecule has 0 aromatic carbocycles. The Labute approximate surface area is 65.6 Å². The van der Waals surface area contributed by atoms with Crippen LogP contribution in [0.15, 0.2) is 0 Å². The third kappa shape index (κ3) is 4.37. The number of nitrogens with two attached hydrogens (primary N) is 2. The van der Waals surface area contributed by atoms with E-state index in [-0.39, 0.29) is 6.04 Å². The Morgan fingerprint density at radius 3 is 2.45 bits per heavy atom. The lowest BCUT2D eigenvalue weighted by Gasteiger charge is -2.06. The van der Waals surface area contributed by atoms with Crippen LogP contribution >= 0.6 is 0 Å². The normalized spacial score (nSPS) is 15.0. The molecule has 0 aliphatic rings. The molecule has 4 nitrogen and oxygen atoms in total. The molecule has 0 saturated heterocycles. The fourth-order valence-electron chi connectivity index (χ4n) is 0.566. The van der Waals surface area contributed by atoms with E-state index in [4.69, 9.17) is 23.0 Å². The zero-order valence-electron chi connectivity index (χ0n) is 6.16. The van der Waals surface area contributed by atoms with Crippen LogP contribution in [0.25, 0.3) is 0 Å². The summed E-state index contributed by atoms with van der Waals surface area (Å²) in [6, 6.07) is -1.24. The number of carbonyl (C=O) groups is 1. The van der Waals surface area contributed by atoms with Gasteiger partial charge < -0.3 is 16.6 Å². The van der Waals surface area contributed by atoms with Gasteiger partial charge in [0, 0.05) is 0 Å². The highest BCUT2D eigenvalue weighted by atomic mass is 16.4. The van der Waals surface area contributed by atoms with Crippen molar-refractivity contribution in [2.24, 2.45) is 11.5 Å². The SMILES string of the molecule is C#CC(N)CCC(N)C(=O)O. The molecule has 2 atom stereocenters. The Morgan fingerprint density at radius 1 is 1.55 bits per heavy atom. The second-order valence-corrected chi connectivity index (χ2v) is 2.30. The number of hydrogen-bond donors (Lipinski definition) is 3. The van der Waals surface area contributed by atoms with Crippen LogP contribution < -0.4 is 11.5 Å². The van der Waals surface area contributed by atoms with Gasteiger partial charge >= 0.3 is 5.97 Å². The molecule has 5 N–H and O–H groups in total. The molecule has 0 aromatic rings. The van der Waals surface area contributed by atoms with E-state index in [9.17, 15) is 4.79 Å². The van der Waals surface area contributed by atoms with Crippen molar-refractivity contribution in [1.82, 2.24) is 0 Å². The maximum Gasteiger partial charge on any atom is 0.320 e. The van der Waals surface area contributed by atoms with Crippen molar-refractivity contribution in [2.75, 3.05) is 0 Å². The van der Waals surface area contributed by atoms with Crippen LogP contribution in [0.1, 0.15) is 12.8 Å². The van der Waals surface area contributed by atoms with Gasteiger partial charge in [0.25, 0.3) is 0 Å². The van der Waals surface area contributed by atoms with Gasteiger partial charge in [-0.2, -0.15) is 0 Å². The van der Waals surface area contributed by atoms with E-state index in [1.165, 1.54) is 0 Å². The Balaban J connectivity index is 3.55. The van der Waals surface area contributed by atoms with E-state index < -0.39 is 12.0 Å². The average Bonchev–Trinajstić information content (AvgIpc) is 1.99. The minimum Gasteiger partial charge on any atom is -0.480 e. The summed E-state index contributed by atoms with van der Waals surface area (Å²) in [5, 5.41) is 8.35. The summed E-state index contributed by atoms with van der Waals surface area (Å²) >= 11 is 0. The predicted molar refractivity (Wildman–Crippen MR) is 41.7 cm³/mol. The number of carboxylic acid groups (broad SMARTS) is 1. The van der Waals surface area contributed by atoms with Crippen molar-refractivity contribution in [2.45, 2.75) is 24.9 Å². The minimum absolute atomic E-state index is 0.320. The molecule has 62 valence electrons. The largest absolute Gasteiger partial charge is 0.480 e. The highest BCUT2D eigenvalue weighted by Crippen LogP contribution is 1.96. The average molecular weight is 156 g/mol. The molecule has 2 unspecified atom stereocenters. The zero-order valence-corrected chi connectivity index (χ0v) is 6.16. The Hall–Kier alpha value is -1.05. The first kappa shape index (κ1) is 9.95. The summed E-state index contributed by atoms with van der Waals surface area (Å²) in [7, 11) is 0. The van der Waals surface area contributed by atoms with Gasteiger partial charge in [0.2, 0.25) is 0 Å². The van der Waals surface area contributed by atoms with Crippen molar-refractivity contribution in [3.05, 3.63) is 0 Å². The van der Waals surface area contributed by atoms with Crippen LogP contribution in [0.5, 0.6) is 0 Å². The monoisotopic (exact) mass is 156 g/mol. The van der Waals surface area contributed by atoms with Gasteiger partial charge in [0.15, 0.2) is 0 Å². The molecule has 4 heteroatoms. The molecule has 0 aliphatic carbocycles. The topological polar surface area (TPSA) is 89.3 Å². The Kier molecular flexibility index (Phi) is 4.27. The minimum atomic E-state index is -1.02.